The van der Waals surface area contributed by atoms with Gasteiger partial charge in [0.1, 0.15) is 5.82 Å². The molecule has 2 nitrogen and oxygen atoms in total. The molecule has 0 aliphatic heterocycles. The molecule has 0 radical (unpaired) electrons. The minimum Gasteiger partial charge on any atom is -0.481 e. The Balaban J connectivity index is 2.32. The summed E-state index contributed by atoms with van der Waals surface area (Å²) in [5, 5.41) is 9.26. The summed E-state index contributed by atoms with van der Waals surface area (Å²) >= 11 is 5.94. The van der Waals surface area contributed by atoms with Crippen LogP contribution < -0.4 is 0 Å². The predicted molar refractivity (Wildman–Crippen MR) is 63.9 cm³/mol. The van der Waals surface area contributed by atoms with Gasteiger partial charge < -0.3 is 5.11 Å². The van der Waals surface area contributed by atoms with Crippen molar-refractivity contribution >= 4 is 17.6 Å². The van der Waals surface area contributed by atoms with E-state index in [1.165, 1.54) is 6.07 Å². The minimum atomic E-state index is -0.848. The summed E-state index contributed by atoms with van der Waals surface area (Å²) in [4.78, 5) is 10.8. The zero-order valence-corrected chi connectivity index (χ0v) is 10.3. The van der Waals surface area contributed by atoms with Crippen molar-refractivity contribution in [3.8, 4) is 0 Å². The Hall–Kier alpha value is -1.09. The van der Waals surface area contributed by atoms with Crippen LogP contribution in [0, 0.1) is 18.7 Å². The molecule has 17 heavy (non-hydrogen) atoms. The minimum absolute atomic E-state index is 0.0451. The highest BCUT2D eigenvalue weighted by molar-refractivity contribution is 6.31. The standard InChI is InChI=1S/C13H14ClFO2/c1-7-11(14)4-9(5-12(7)15)10(6-13(16)17)8-2-3-8/h4-5,8,10H,2-3,6H2,1H3,(H,16,17). The number of benzene rings is 1. The molecule has 1 atom stereocenters. The van der Waals surface area contributed by atoms with Gasteiger partial charge in [0.15, 0.2) is 0 Å². The molecule has 1 aliphatic rings. The van der Waals surface area contributed by atoms with Gasteiger partial charge in [-0.15, -0.1) is 0 Å². The maximum atomic E-state index is 13.6. The number of aliphatic carboxylic acids is 1. The van der Waals surface area contributed by atoms with Gasteiger partial charge in [0.2, 0.25) is 0 Å². The number of carboxylic acids is 1. The molecule has 1 N–H and O–H groups in total. The van der Waals surface area contributed by atoms with E-state index in [2.05, 4.69) is 0 Å². The van der Waals surface area contributed by atoms with E-state index in [9.17, 15) is 9.18 Å². The summed E-state index contributed by atoms with van der Waals surface area (Å²) in [7, 11) is 0. The van der Waals surface area contributed by atoms with Crippen LogP contribution in [0.2, 0.25) is 5.02 Å². The van der Waals surface area contributed by atoms with Crippen molar-refractivity contribution in [2.24, 2.45) is 5.92 Å². The van der Waals surface area contributed by atoms with Crippen LogP contribution in [0.4, 0.5) is 4.39 Å². The normalized spacial score (nSPS) is 16.9. The van der Waals surface area contributed by atoms with Crippen molar-refractivity contribution in [3.05, 3.63) is 34.1 Å². The van der Waals surface area contributed by atoms with Gasteiger partial charge in [0.05, 0.1) is 6.42 Å². The summed E-state index contributed by atoms with van der Waals surface area (Å²) in [6, 6.07) is 3.12. The molecule has 0 aromatic heterocycles. The van der Waals surface area contributed by atoms with Crippen LogP contribution in [-0.2, 0) is 4.79 Å². The molecule has 1 aromatic rings. The van der Waals surface area contributed by atoms with E-state index in [4.69, 9.17) is 16.7 Å². The van der Waals surface area contributed by atoms with Gasteiger partial charge in [-0.1, -0.05) is 11.6 Å². The third-order valence-electron chi connectivity index (χ3n) is 3.32. The van der Waals surface area contributed by atoms with Crippen LogP contribution in [0.5, 0.6) is 0 Å². The lowest BCUT2D eigenvalue weighted by Crippen LogP contribution is -2.09. The van der Waals surface area contributed by atoms with Crippen LogP contribution in [0.25, 0.3) is 0 Å². The van der Waals surface area contributed by atoms with Crippen molar-refractivity contribution in [2.45, 2.75) is 32.1 Å². The first-order valence-corrected chi connectivity index (χ1v) is 6.04. The molecule has 2 rings (SSSR count). The average molecular weight is 257 g/mol. The molecule has 0 spiro atoms. The van der Waals surface area contributed by atoms with Gasteiger partial charge in [-0.2, -0.15) is 0 Å². The molecule has 0 amide bonds. The van der Waals surface area contributed by atoms with Gasteiger partial charge in [0, 0.05) is 10.6 Å². The Morgan fingerprint density at radius 1 is 1.59 bits per heavy atom. The summed E-state index contributed by atoms with van der Waals surface area (Å²) in [5.41, 5.74) is 1.13. The van der Waals surface area contributed by atoms with Crippen molar-refractivity contribution in [1.82, 2.24) is 0 Å². The zero-order valence-electron chi connectivity index (χ0n) is 9.54. The highest BCUT2D eigenvalue weighted by Gasteiger charge is 2.34. The van der Waals surface area contributed by atoms with Crippen molar-refractivity contribution in [2.75, 3.05) is 0 Å². The maximum absolute atomic E-state index is 13.6. The Morgan fingerprint density at radius 3 is 2.71 bits per heavy atom. The summed E-state index contributed by atoms with van der Waals surface area (Å²) in [6.07, 6.45) is 2.08. The van der Waals surface area contributed by atoms with Crippen molar-refractivity contribution in [3.63, 3.8) is 0 Å². The Labute approximate surface area is 104 Å². The van der Waals surface area contributed by atoms with E-state index in [1.54, 1.807) is 13.0 Å². The van der Waals surface area contributed by atoms with E-state index in [0.717, 1.165) is 12.8 Å². The molecular weight excluding hydrogens is 243 g/mol. The SMILES string of the molecule is Cc1c(F)cc(C(CC(=O)O)C2CC2)cc1Cl. The van der Waals surface area contributed by atoms with E-state index in [1.807, 2.05) is 0 Å². The highest BCUT2D eigenvalue weighted by atomic mass is 35.5. The number of carbonyl (C=O) groups is 1. The van der Waals surface area contributed by atoms with E-state index in [0.29, 0.717) is 22.1 Å². The lowest BCUT2D eigenvalue weighted by molar-refractivity contribution is -0.137. The van der Waals surface area contributed by atoms with Crippen molar-refractivity contribution in [1.29, 1.82) is 0 Å². The average Bonchev–Trinajstić information content (AvgIpc) is 3.05. The smallest absolute Gasteiger partial charge is 0.303 e. The molecule has 1 unspecified atom stereocenters. The zero-order chi connectivity index (χ0) is 12.6. The lowest BCUT2D eigenvalue weighted by atomic mass is 9.90. The third-order valence-corrected chi connectivity index (χ3v) is 3.71. The van der Waals surface area contributed by atoms with E-state index < -0.39 is 5.97 Å². The Bertz CT molecular complexity index is 432. The van der Waals surface area contributed by atoms with Gasteiger partial charge in [-0.05, 0) is 49.3 Å². The quantitative estimate of drug-likeness (QED) is 0.891. The van der Waals surface area contributed by atoms with Crippen LogP contribution in [-0.4, -0.2) is 11.1 Å². The second-order valence-electron chi connectivity index (χ2n) is 4.65. The molecule has 1 aromatic carbocycles. The number of hydrogen-bond donors (Lipinski definition) is 1. The fourth-order valence-corrected chi connectivity index (χ4v) is 2.34. The molecule has 4 heteroatoms. The van der Waals surface area contributed by atoms with Gasteiger partial charge in [-0.25, -0.2) is 4.39 Å². The molecule has 0 heterocycles. The fourth-order valence-electron chi connectivity index (χ4n) is 2.12. The second kappa shape index (κ2) is 4.65. The summed E-state index contributed by atoms with van der Waals surface area (Å²) < 4.78 is 13.6. The Kier molecular flexibility index (Phi) is 3.38. The van der Waals surface area contributed by atoms with Gasteiger partial charge >= 0.3 is 5.97 Å². The molecule has 1 fully saturated rings. The van der Waals surface area contributed by atoms with Crippen molar-refractivity contribution < 1.29 is 14.3 Å². The second-order valence-corrected chi connectivity index (χ2v) is 5.06. The maximum Gasteiger partial charge on any atom is 0.303 e. The monoisotopic (exact) mass is 256 g/mol. The van der Waals surface area contributed by atoms with E-state index in [-0.39, 0.29) is 18.2 Å². The fraction of sp³-hybridized carbons (Fsp3) is 0.462. The first-order valence-electron chi connectivity index (χ1n) is 5.66. The van der Waals surface area contributed by atoms with Crippen LogP contribution in [0.15, 0.2) is 12.1 Å². The topological polar surface area (TPSA) is 37.3 Å². The Morgan fingerprint density at radius 2 is 2.24 bits per heavy atom. The van der Waals surface area contributed by atoms with E-state index >= 15 is 0 Å². The van der Waals surface area contributed by atoms with Crippen LogP contribution in [0.1, 0.15) is 36.3 Å². The summed E-state index contributed by atoms with van der Waals surface area (Å²) in [6.45, 7) is 1.62. The first-order chi connectivity index (χ1) is 7.99. The lowest BCUT2D eigenvalue weighted by Gasteiger charge is -2.15. The predicted octanol–water partition coefficient (Wildman–Crippen LogP) is 3.76. The summed E-state index contributed by atoms with van der Waals surface area (Å²) in [5.74, 6) is -0.952. The number of halogens is 2. The third kappa shape index (κ3) is 2.78. The molecule has 0 bridgehead atoms. The van der Waals surface area contributed by atoms with Crippen LogP contribution >= 0.6 is 11.6 Å². The largest absolute Gasteiger partial charge is 0.481 e. The van der Waals surface area contributed by atoms with Gasteiger partial charge in [0.25, 0.3) is 0 Å². The molecule has 92 valence electrons. The molecular formula is C13H14ClFO2. The highest BCUT2D eigenvalue weighted by Crippen LogP contribution is 2.45. The number of hydrogen-bond acceptors (Lipinski definition) is 1. The molecule has 1 aliphatic carbocycles. The molecule has 0 saturated heterocycles. The number of rotatable bonds is 4. The molecule has 1 saturated carbocycles. The number of carboxylic acid groups (broad SMARTS) is 1. The van der Waals surface area contributed by atoms with Gasteiger partial charge in [-0.3, -0.25) is 4.79 Å². The first kappa shape index (κ1) is 12.4. The van der Waals surface area contributed by atoms with Crippen LogP contribution in [0.3, 0.4) is 0 Å².